The van der Waals surface area contributed by atoms with Crippen LogP contribution in [0.1, 0.15) is 31.9 Å². The SMILES string of the molecule is CCNC(=NCCc1cc(F)ccc1F)N1CCC(C)C(n2ccnc2)C1. The van der Waals surface area contributed by atoms with Gasteiger partial charge in [-0.25, -0.2) is 13.8 Å². The first-order chi connectivity index (χ1) is 13.1. The Balaban J connectivity index is 1.68. The number of rotatable bonds is 5. The summed E-state index contributed by atoms with van der Waals surface area (Å²) in [6.07, 6.45) is 7.10. The molecule has 0 radical (unpaired) electrons. The highest BCUT2D eigenvalue weighted by atomic mass is 19.1. The second kappa shape index (κ2) is 8.97. The lowest BCUT2D eigenvalue weighted by Crippen LogP contribution is -2.49. The Hall–Kier alpha value is -2.44. The van der Waals surface area contributed by atoms with Gasteiger partial charge in [0.15, 0.2) is 5.96 Å². The van der Waals surface area contributed by atoms with E-state index in [0.29, 0.717) is 30.5 Å². The van der Waals surface area contributed by atoms with Gasteiger partial charge in [-0.2, -0.15) is 0 Å². The molecule has 1 saturated heterocycles. The van der Waals surface area contributed by atoms with Gasteiger partial charge in [-0.1, -0.05) is 6.92 Å². The summed E-state index contributed by atoms with van der Waals surface area (Å²) in [7, 11) is 0. The van der Waals surface area contributed by atoms with Crippen LogP contribution in [0.4, 0.5) is 8.78 Å². The van der Waals surface area contributed by atoms with E-state index in [-0.39, 0.29) is 5.82 Å². The van der Waals surface area contributed by atoms with Gasteiger partial charge in [0.25, 0.3) is 0 Å². The molecule has 0 saturated carbocycles. The molecule has 2 heterocycles. The van der Waals surface area contributed by atoms with Crippen molar-refractivity contribution >= 4 is 5.96 Å². The van der Waals surface area contributed by atoms with Crippen LogP contribution in [0.5, 0.6) is 0 Å². The Labute approximate surface area is 159 Å². The van der Waals surface area contributed by atoms with Crippen LogP contribution in [0.15, 0.2) is 41.9 Å². The van der Waals surface area contributed by atoms with E-state index in [4.69, 9.17) is 0 Å². The average molecular weight is 375 g/mol. The second-order valence-corrected chi connectivity index (χ2v) is 7.01. The molecule has 27 heavy (non-hydrogen) atoms. The third kappa shape index (κ3) is 4.84. The lowest BCUT2D eigenvalue weighted by atomic mass is 9.93. The topological polar surface area (TPSA) is 45.5 Å². The molecule has 7 heteroatoms. The minimum Gasteiger partial charge on any atom is -0.357 e. The molecule has 0 aliphatic carbocycles. The van der Waals surface area contributed by atoms with Gasteiger partial charge in [-0.3, -0.25) is 4.99 Å². The van der Waals surface area contributed by atoms with Crippen molar-refractivity contribution in [3.8, 4) is 0 Å². The van der Waals surface area contributed by atoms with Crippen LogP contribution in [-0.4, -0.2) is 46.6 Å². The van der Waals surface area contributed by atoms with E-state index in [0.717, 1.165) is 38.1 Å². The maximum absolute atomic E-state index is 13.8. The number of aromatic nitrogens is 2. The van der Waals surface area contributed by atoms with Gasteiger partial charge in [0.2, 0.25) is 0 Å². The van der Waals surface area contributed by atoms with E-state index in [9.17, 15) is 8.78 Å². The van der Waals surface area contributed by atoms with Gasteiger partial charge in [-0.05, 0) is 49.4 Å². The van der Waals surface area contributed by atoms with E-state index in [1.54, 1.807) is 6.20 Å². The molecule has 0 bridgehead atoms. The average Bonchev–Trinajstić information content (AvgIpc) is 3.19. The van der Waals surface area contributed by atoms with Crippen molar-refractivity contribution in [3.05, 3.63) is 54.1 Å². The van der Waals surface area contributed by atoms with Crippen molar-refractivity contribution in [1.29, 1.82) is 0 Å². The van der Waals surface area contributed by atoms with Crippen LogP contribution in [-0.2, 0) is 6.42 Å². The quantitative estimate of drug-likeness (QED) is 0.645. The Bertz CT molecular complexity index is 760. The molecule has 2 aromatic rings. The first-order valence-corrected chi connectivity index (χ1v) is 9.53. The van der Waals surface area contributed by atoms with Gasteiger partial charge in [0.1, 0.15) is 11.6 Å². The lowest BCUT2D eigenvalue weighted by molar-refractivity contribution is 0.189. The van der Waals surface area contributed by atoms with E-state index >= 15 is 0 Å². The summed E-state index contributed by atoms with van der Waals surface area (Å²) in [6.45, 7) is 7.23. The van der Waals surface area contributed by atoms with Gasteiger partial charge >= 0.3 is 0 Å². The summed E-state index contributed by atoms with van der Waals surface area (Å²) in [6, 6.07) is 3.89. The molecule has 0 amide bonds. The monoisotopic (exact) mass is 375 g/mol. The first kappa shape index (κ1) is 19.3. The van der Waals surface area contributed by atoms with Crippen molar-refractivity contribution in [2.45, 2.75) is 32.7 Å². The molecule has 0 spiro atoms. The fourth-order valence-electron chi connectivity index (χ4n) is 3.54. The van der Waals surface area contributed by atoms with Crippen molar-refractivity contribution < 1.29 is 8.78 Å². The second-order valence-electron chi connectivity index (χ2n) is 7.01. The van der Waals surface area contributed by atoms with Gasteiger partial charge in [0.05, 0.1) is 12.4 Å². The van der Waals surface area contributed by atoms with Crippen molar-refractivity contribution in [1.82, 2.24) is 19.8 Å². The summed E-state index contributed by atoms with van der Waals surface area (Å²) in [5.41, 5.74) is 0.359. The normalized spacial score (nSPS) is 20.7. The number of halogens is 2. The number of nitrogens with zero attached hydrogens (tertiary/aromatic N) is 4. The van der Waals surface area contributed by atoms with E-state index < -0.39 is 5.82 Å². The Morgan fingerprint density at radius 2 is 2.22 bits per heavy atom. The molecule has 146 valence electrons. The number of piperidine rings is 1. The number of aliphatic imine (C=N–C) groups is 1. The summed E-state index contributed by atoms with van der Waals surface area (Å²) < 4.78 is 29.3. The van der Waals surface area contributed by atoms with Crippen LogP contribution in [0, 0.1) is 17.6 Å². The molecular weight excluding hydrogens is 348 g/mol. The van der Waals surface area contributed by atoms with Crippen LogP contribution in [0.25, 0.3) is 0 Å². The van der Waals surface area contributed by atoms with Gasteiger partial charge in [0, 0.05) is 38.6 Å². The highest BCUT2D eigenvalue weighted by Gasteiger charge is 2.28. The Morgan fingerprint density at radius 3 is 2.96 bits per heavy atom. The summed E-state index contributed by atoms with van der Waals surface area (Å²) in [5.74, 6) is 0.574. The lowest BCUT2D eigenvalue weighted by Gasteiger charge is -2.39. The highest BCUT2D eigenvalue weighted by molar-refractivity contribution is 5.80. The zero-order chi connectivity index (χ0) is 19.2. The molecule has 1 aromatic carbocycles. The smallest absolute Gasteiger partial charge is 0.193 e. The molecule has 1 aromatic heterocycles. The first-order valence-electron chi connectivity index (χ1n) is 9.53. The number of hydrogen-bond acceptors (Lipinski definition) is 2. The maximum Gasteiger partial charge on any atom is 0.193 e. The number of benzene rings is 1. The zero-order valence-electron chi connectivity index (χ0n) is 15.9. The number of imidazole rings is 1. The molecule has 5 nitrogen and oxygen atoms in total. The van der Waals surface area contributed by atoms with Crippen LogP contribution in [0.2, 0.25) is 0 Å². The number of guanidine groups is 1. The molecule has 2 unspecified atom stereocenters. The molecule has 1 N–H and O–H groups in total. The Kier molecular flexibility index (Phi) is 6.42. The summed E-state index contributed by atoms with van der Waals surface area (Å²) in [5, 5.41) is 3.33. The number of hydrogen-bond donors (Lipinski definition) is 1. The highest BCUT2D eigenvalue weighted by Crippen LogP contribution is 2.27. The fraction of sp³-hybridized carbons (Fsp3) is 0.500. The van der Waals surface area contributed by atoms with E-state index in [1.165, 1.54) is 12.1 Å². The summed E-state index contributed by atoms with van der Waals surface area (Å²) >= 11 is 0. The molecule has 3 rings (SSSR count). The van der Waals surface area contributed by atoms with Crippen LogP contribution in [0.3, 0.4) is 0 Å². The van der Waals surface area contributed by atoms with Crippen LogP contribution >= 0.6 is 0 Å². The van der Waals surface area contributed by atoms with Crippen LogP contribution < -0.4 is 5.32 Å². The van der Waals surface area contributed by atoms with E-state index in [1.807, 2.05) is 19.4 Å². The minimum atomic E-state index is -0.421. The van der Waals surface area contributed by atoms with Gasteiger partial charge in [-0.15, -0.1) is 0 Å². The van der Waals surface area contributed by atoms with Crippen molar-refractivity contribution in [2.24, 2.45) is 10.9 Å². The Morgan fingerprint density at radius 1 is 1.37 bits per heavy atom. The number of likely N-dealkylation sites (tertiary alicyclic amines) is 1. The van der Waals surface area contributed by atoms with Gasteiger partial charge < -0.3 is 14.8 Å². The molecule has 1 aliphatic rings. The molecular formula is C20H27F2N5. The fourth-order valence-corrected chi connectivity index (χ4v) is 3.54. The minimum absolute atomic E-state index is 0.339. The van der Waals surface area contributed by atoms with Crippen molar-refractivity contribution in [3.63, 3.8) is 0 Å². The predicted molar refractivity (Wildman–Crippen MR) is 103 cm³/mol. The molecule has 1 aliphatic heterocycles. The predicted octanol–water partition coefficient (Wildman–Crippen LogP) is 3.25. The molecule has 2 atom stereocenters. The largest absolute Gasteiger partial charge is 0.357 e. The van der Waals surface area contributed by atoms with Crippen molar-refractivity contribution in [2.75, 3.05) is 26.2 Å². The standard InChI is InChI=1S/C20H27F2N5/c1-3-24-20(25-8-6-16-12-17(21)4-5-18(16)22)26-10-7-15(2)19(13-26)27-11-9-23-14-27/h4-5,9,11-12,14-15,19H,3,6-8,10,13H2,1-2H3,(H,24,25). The zero-order valence-corrected chi connectivity index (χ0v) is 15.9. The summed E-state index contributed by atoms with van der Waals surface area (Å²) in [4.78, 5) is 11.1. The third-order valence-corrected chi connectivity index (χ3v) is 5.11. The van der Waals surface area contributed by atoms with E-state index in [2.05, 4.69) is 31.7 Å². The number of nitrogens with one attached hydrogen (secondary N) is 1. The third-order valence-electron chi connectivity index (χ3n) is 5.11. The maximum atomic E-state index is 13.8. The molecule has 1 fully saturated rings.